The molecule has 0 saturated carbocycles. The van der Waals surface area contributed by atoms with E-state index in [1.807, 2.05) is 13.1 Å². The van der Waals surface area contributed by atoms with Gasteiger partial charge in [0.05, 0.1) is 17.3 Å². The van der Waals surface area contributed by atoms with Gasteiger partial charge >= 0.3 is 12.3 Å². The van der Waals surface area contributed by atoms with E-state index in [1.165, 1.54) is 30.3 Å². The molecule has 154 valence electrons. The Labute approximate surface area is 168 Å². The molecule has 0 radical (unpaired) electrons. The molecule has 0 spiro atoms. The molecule has 0 fully saturated rings. The Morgan fingerprint density at radius 1 is 1.10 bits per heavy atom. The summed E-state index contributed by atoms with van der Waals surface area (Å²) in [4.78, 5) is 11.5. The number of aryl methyl sites for hydroxylation is 1. The average molecular weight is 415 g/mol. The van der Waals surface area contributed by atoms with E-state index in [0.717, 1.165) is 16.8 Å². The summed E-state index contributed by atoms with van der Waals surface area (Å²) in [5.41, 5.74) is 3.95. The van der Waals surface area contributed by atoms with E-state index < -0.39 is 12.3 Å². The van der Waals surface area contributed by atoms with Crippen molar-refractivity contribution in [3.8, 4) is 22.6 Å². The average Bonchev–Trinajstić information content (AvgIpc) is 3.21. The molecule has 0 atom stereocenters. The van der Waals surface area contributed by atoms with Gasteiger partial charge in [-0.2, -0.15) is 5.10 Å². The highest BCUT2D eigenvalue weighted by Crippen LogP contribution is 2.35. The van der Waals surface area contributed by atoms with Gasteiger partial charge < -0.3 is 14.4 Å². The lowest BCUT2D eigenvalue weighted by atomic mass is 10.0. The summed E-state index contributed by atoms with van der Waals surface area (Å²) < 4.78 is 44.7. The molecule has 30 heavy (non-hydrogen) atoms. The Morgan fingerprint density at radius 2 is 1.80 bits per heavy atom. The third kappa shape index (κ3) is 3.49. The van der Waals surface area contributed by atoms with Crippen molar-refractivity contribution >= 4 is 16.9 Å². The summed E-state index contributed by atoms with van der Waals surface area (Å²) in [6.45, 7) is 1.90. The van der Waals surface area contributed by atoms with Crippen LogP contribution in [0.15, 0.2) is 54.9 Å². The topological polar surface area (TPSA) is 69.3 Å². The van der Waals surface area contributed by atoms with Crippen molar-refractivity contribution in [2.24, 2.45) is 7.05 Å². The molecule has 4 rings (SSSR count). The maximum Gasteiger partial charge on any atom is 0.573 e. The first-order valence-electron chi connectivity index (χ1n) is 8.87. The highest BCUT2D eigenvalue weighted by molar-refractivity contribution is 6.01. The third-order valence-corrected chi connectivity index (χ3v) is 4.93. The first-order valence-corrected chi connectivity index (χ1v) is 8.87. The maximum atomic E-state index is 12.4. The number of rotatable bonds is 4. The summed E-state index contributed by atoms with van der Waals surface area (Å²) >= 11 is 0. The minimum atomic E-state index is -4.76. The third-order valence-electron chi connectivity index (χ3n) is 4.93. The lowest BCUT2D eigenvalue weighted by Gasteiger charge is -2.10. The van der Waals surface area contributed by atoms with Gasteiger partial charge in [0.25, 0.3) is 0 Å². The second kappa shape index (κ2) is 6.94. The lowest BCUT2D eigenvalue weighted by Crippen LogP contribution is -2.17. The van der Waals surface area contributed by atoms with Gasteiger partial charge in [0.2, 0.25) is 0 Å². The van der Waals surface area contributed by atoms with Crippen LogP contribution in [0, 0.1) is 6.92 Å². The van der Waals surface area contributed by atoms with Crippen LogP contribution >= 0.6 is 0 Å². The molecule has 0 saturated heterocycles. The van der Waals surface area contributed by atoms with Crippen molar-refractivity contribution in [1.29, 1.82) is 0 Å². The van der Waals surface area contributed by atoms with E-state index in [4.69, 9.17) is 0 Å². The summed E-state index contributed by atoms with van der Waals surface area (Å²) in [5, 5.41) is 14.3. The molecule has 2 aromatic heterocycles. The number of carboxylic acids is 1. The second-order valence-electron chi connectivity index (χ2n) is 6.76. The number of hydrogen-bond donors (Lipinski definition) is 1. The monoisotopic (exact) mass is 415 g/mol. The molecule has 4 aromatic rings. The summed E-state index contributed by atoms with van der Waals surface area (Å²) in [7, 11) is 1.81. The van der Waals surface area contributed by atoms with Gasteiger partial charge in [0.15, 0.2) is 0 Å². The molecule has 2 heterocycles. The number of aromatic nitrogens is 3. The lowest BCUT2D eigenvalue weighted by molar-refractivity contribution is -0.274. The second-order valence-corrected chi connectivity index (χ2v) is 6.76. The van der Waals surface area contributed by atoms with Crippen LogP contribution in [-0.2, 0) is 7.05 Å². The van der Waals surface area contributed by atoms with Crippen molar-refractivity contribution in [2.75, 3.05) is 0 Å². The number of benzene rings is 2. The number of carboxylic acid groups (broad SMARTS) is 1. The summed E-state index contributed by atoms with van der Waals surface area (Å²) in [6, 6.07) is 10.2. The van der Waals surface area contributed by atoms with Gasteiger partial charge in [-0.05, 0) is 49.4 Å². The molecule has 0 amide bonds. The number of ether oxygens (including phenoxy) is 1. The van der Waals surface area contributed by atoms with Crippen LogP contribution in [0.4, 0.5) is 13.2 Å². The van der Waals surface area contributed by atoms with Crippen LogP contribution in [0.25, 0.3) is 27.7 Å². The van der Waals surface area contributed by atoms with Crippen molar-refractivity contribution < 1.29 is 27.8 Å². The Kier molecular flexibility index (Phi) is 4.53. The largest absolute Gasteiger partial charge is 0.573 e. The quantitative estimate of drug-likeness (QED) is 0.513. The number of alkyl halides is 3. The van der Waals surface area contributed by atoms with E-state index in [2.05, 4.69) is 9.84 Å². The molecule has 2 aromatic carbocycles. The van der Waals surface area contributed by atoms with Gasteiger partial charge in [0, 0.05) is 41.1 Å². The Morgan fingerprint density at radius 3 is 2.37 bits per heavy atom. The minimum absolute atomic E-state index is 0.136. The van der Waals surface area contributed by atoms with Crippen molar-refractivity contribution in [3.63, 3.8) is 0 Å². The Hall–Kier alpha value is -3.75. The fourth-order valence-corrected chi connectivity index (χ4v) is 3.36. The minimum Gasteiger partial charge on any atom is -0.478 e. The molecule has 0 aliphatic heterocycles. The molecule has 0 bridgehead atoms. The zero-order valence-corrected chi connectivity index (χ0v) is 15.9. The van der Waals surface area contributed by atoms with E-state index >= 15 is 0 Å². The molecule has 6 nitrogen and oxygen atoms in total. The number of aromatic carboxylic acids is 1. The molecular weight excluding hydrogens is 399 g/mol. The van der Waals surface area contributed by atoms with Gasteiger partial charge in [-0.25, -0.2) is 4.79 Å². The van der Waals surface area contributed by atoms with Crippen LogP contribution in [0.2, 0.25) is 0 Å². The standard InChI is InChI=1S/C21H16F3N3O3/c1-12-17(10-25-26(12)2)18-11-27(19-8-3-13(20(28)29)9-16(18)19)14-4-6-15(7-5-14)30-21(22,23)24/h3-11H,1-2H3,(H,28,29). The maximum absolute atomic E-state index is 12.4. The van der Waals surface area contributed by atoms with Crippen LogP contribution in [0.1, 0.15) is 16.1 Å². The normalized spacial score (nSPS) is 11.8. The van der Waals surface area contributed by atoms with Crippen LogP contribution in [0.5, 0.6) is 5.75 Å². The van der Waals surface area contributed by atoms with Crippen molar-refractivity contribution in [3.05, 3.63) is 66.1 Å². The molecule has 9 heteroatoms. The molecule has 0 aliphatic carbocycles. The predicted molar refractivity (Wildman–Crippen MR) is 104 cm³/mol. The van der Waals surface area contributed by atoms with Gasteiger partial charge in [-0.3, -0.25) is 4.68 Å². The number of fused-ring (bicyclic) bond motifs is 1. The molecule has 0 aliphatic rings. The fraction of sp³-hybridized carbons (Fsp3) is 0.143. The SMILES string of the molecule is Cc1c(-c2cn(-c3ccc(OC(F)(F)F)cc3)c3ccc(C(=O)O)cc23)cnn1C. The Balaban J connectivity index is 1.88. The number of nitrogens with zero attached hydrogens (tertiary/aromatic N) is 3. The zero-order valence-electron chi connectivity index (χ0n) is 15.9. The molecular formula is C21H16F3N3O3. The van der Waals surface area contributed by atoms with Crippen molar-refractivity contribution in [2.45, 2.75) is 13.3 Å². The van der Waals surface area contributed by atoms with Crippen LogP contribution in [0.3, 0.4) is 0 Å². The van der Waals surface area contributed by atoms with E-state index in [-0.39, 0.29) is 11.3 Å². The van der Waals surface area contributed by atoms with E-state index in [0.29, 0.717) is 16.6 Å². The summed E-state index contributed by atoms with van der Waals surface area (Å²) in [5.74, 6) is -1.37. The molecule has 1 N–H and O–H groups in total. The van der Waals surface area contributed by atoms with Crippen LogP contribution in [-0.4, -0.2) is 31.8 Å². The Bertz CT molecular complexity index is 1250. The first-order chi connectivity index (χ1) is 14.1. The highest BCUT2D eigenvalue weighted by Gasteiger charge is 2.31. The van der Waals surface area contributed by atoms with Gasteiger partial charge in [-0.1, -0.05) is 0 Å². The van der Waals surface area contributed by atoms with Crippen LogP contribution < -0.4 is 4.74 Å². The van der Waals surface area contributed by atoms with E-state index in [9.17, 15) is 23.1 Å². The summed E-state index contributed by atoms with van der Waals surface area (Å²) in [6.07, 6.45) is -1.25. The highest BCUT2D eigenvalue weighted by atomic mass is 19.4. The van der Waals surface area contributed by atoms with E-state index in [1.54, 1.807) is 34.6 Å². The number of halogens is 3. The zero-order chi connectivity index (χ0) is 21.6. The number of hydrogen-bond acceptors (Lipinski definition) is 3. The predicted octanol–water partition coefficient (Wildman–Crippen LogP) is 4.94. The van der Waals surface area contributed by atoms with Crippen molar-refractivity contribution in [1.82, 2.24) is 14.3 Å². The molecule has 0 unspecified atom stereocenters. The smallest absolute Gasteiger partial charge is 0.478 e. The fourth-order valence-electron chi connectivity index (χ4n) is 3.36. The first kappa shape index (κ1) is 19.6. The number of carbonyl (C=O) groups is 1. The van der Waals surface area contributed by atoms with Gasteiger partial charge in [0.1, 0.15) is 5.75 Å². The van der Waals surface area contributed by atoms with Gasteiger partial charge in [-0.15, -0.1) is 13.2 Å².